The van der Waals surface area contributed by atoms with Crippen LogP contribution in [0.15, 0.2) is 53.0 Å². The van der Waals surface area contributed by atoms with Crippen molar-refractivity contribution in [2.24, 2.45) is 0 Å². The molecule has 0 saturated carbocycles. The summed E-state index contributed by atoms with van der Waals surface area (Å²) in [5, 5.41) is 0. The second-order valence-corrected chi connectivity index (χ2v) is 4.77. The number of hydrogen-bond donors (Lipinski definition) is 0. The molecule has 2 nitrogen and oxygen atoms in total. The van der Waals surface area contributed by atoms with Crippen molar-refractivity contribution >= 4 is 15.9 Å². The van der Waals surface area contributed by atoms with Crippen molar-refractivity contribution in [1.82, 2.24) is 0 Å². The predicted octanol–water partition coefficient (Wildman–Crippen LogP) is 4.93. The van der Waals surface area contributed by atoms with E-state index in [9.17, 15) is 13.2 Å². The lowest BCUT2D eigenvalue weighted by Crippen LogP contribution is -2.17. The van der Waals surface area contributed by atoms with Crippen molar-refractivity contribution in [2.75, 3.05) is 0 Å². The van der Waals surface area contributed by atoms with Crippen molar-refractivity contribution in [3.63, 3.8) is 0 Å². The number of rotatable bonds is 4. The van der Waals surface area contributed by atoms with Crippen LogP contribution in [-0.4, -0.2) is 6.36 Å². The third-order valence-electron chi connectivity index (χ3n) is 2.37. The minimum Gasteiger partial charge on any atom is -0.488 e. The number of alkyl halides is 3. The van der Waals surface area contributed by atoms with E-state index in [1.165, 1.54) is 18.2 Å². The van der Waals surface area contributed by atoms with Crippen LogP contribution >= 0.6 is 15.9 Å². The summed E-state index contributed by atoms with van der Waals surface area (Å²) >= 11 is 3.16. The molecule has 0 aliphatic rings. The molecule has 0 amide bonds. The lowest BCUT2D eigenvalue weighted by Gasteiger charge is -2.12. The molecule has 2 aromatic carbocycles. The maximum absolute atomic E-state index is 12.1. The second-order valence-electron chi connectivity index (χ2n) is 3.91. The van der Waals surface area contributed by atoms with E-state index in [2.05, 4.69) is 20.7 Å². The predicted molar refractivity (Wildman–Crippen MR) is 71.6 cm³/mol. The van der Waals surface area contributed by atoms with Gasteiger partial charge in [0.2, 0.25) is 0 Å². The number of ether oxygens (including phenoxy) is 2. The molecule has 0 fully saturated rings. The van der Waals surface area contributed by atoms with Gasteiger partial charge in [-0.2, -0.15) is 0 Å². The lowest BCUT2D eigenvalue weighted by atomic mass is 10.2. The largest absolute Gasteiger partial charge is 0.573 e. The molecule has 0 N–H and O–H groups in total. The Balaban J connectivity index is 2.03. The Kier molecular flexibility index (Phi) is 4.54. The topological polar surface area (TPSA) is 18.5 Å². The van der Waals surface area contributed by atoms with Gasteiger partial charge in [0.25, 0.3) is 0 Å². The van der Waals surface area contributed by atoms with Gasteiger partial charge in [-0.15, -0.1) is 13.2 Å². The highest BCUT2D eigenvalue weighted by atomic mass is 79.9. The summed E-state index contributed by atoms with van der Waals surface area (Å²) in [6.07, 6.45) is -4.70. The molecule has 0 bridgehead atoms. The van der Waals surface area contributed by atoms with Crippen LogP contribution in [0.5, 0.6) is 11.5 Å². The zero-order chi connectivity index (χ0) is 14.6. The zero-order valence-corrected chi connectivity index (χ0v) is 11.7. The van der Waals surface area contributed by atoms with Gasteiger partial charge in [0.05, 0.1) is 4.47 Å². The normalized spacial score (nSPS) is 11.2. The highest BCUT2D eigenvalue weighted by Gasteiger charge is 2.31. The summed E-state index contributed by atoms with van der Waals surface area (Å²) in [5.41, 5.74) is 0.968. The van der Waals surface area contributed by atoms with Gasteiger partial charge in [-0.1, -0.05) is 30.3 Å². The summed E-state index contributed by atoms with van der Waals surface area (Å²) in [7, 11) is 0. The summed E-state index contributed by atoms with van der Waals surface area (Å²) in [5.74, 6) is 0.153. The van der Waals surface area contributed by atoms with Crippen molar-refractivity contribution in [1.29, 1.82) is 0 Å². The first-order chi connectivity index (χ1) is 9.44. The minimum absolute atomic E-state index is 0.295. The summed E-state index contributed by atoms with van der Waals surface area (Å²) in [4.78, 5) is 0. The summed E-state index contributed by atoms with van der Waals surface area (Å²) < 4.78 is 46.0. The third kappa shape index (κ3) is 4.45. The summed E-state index contributed by atoms with van der Waals surface area (Å²) in [6.45, 7) is 0.332. The average Bonchev–Trinajstić information content (AvgIpc) is 2.37. The number of benzene rings is 2. The van der Waals surface area contributed by atoms with Crippen LogP contribution < -0.4 is 9.47 Å². The van der Waals surface area contributed by atoms with Gasteiger partial charge in [0.1, 0.15) is 18.1 Å². The Hall–Kier alpha value is -1.69. The molecule has 106 valence electrons. The minimum atomic E-state index is -4.70. The fourth-order valence-electron chi connectivity index (χ4n) is 1.53. The molecule has 6 heteroatoms. The van der Waals surface area contributed by atoms with Gasteiger partial charge in [-0.05, 0) is 39.7 Å². The van der Waals surface area contributed by atoms with Gasteiger partial charge in [-0.3, -0.25) is 0 Å². The van der Waals surface area contributed by atoms with Crippen LogP contribution in [0, 0.1) is 0 Å². The Morgan fingerprint density at radius 3 is 2.30 bits per heavy atom. The van der Waals surface area contributed by atoms with Gasteiger partial charge >= 0.3 is 6.36 Å². The van der Waals surface area contributed by atoms with Crippen LogP contribution in [0.2, 0.25) is 0 Å². The van der Waals surface area contributed by atoms with Crippen LogP contribution in [-0.2, 0) is 6.61 Å². The molecule has 0 aliphatic carbocycles. The first kappa shape index (κ1) is 14.7. The Bertz CT molecular complexity index is 570. The maximum atomic E-state index is 12.1. The smallest absolute Gasteiger partial charge is 0.488 e. The van der Waals surface area contributed by atoms with E-state index < -0.39 is 6.36 Å². The van der Waals surface area contributed by atoms with E-state index in [1.54, 1.807) is 0 Å². The molecule has 2 aromatic rings. The van der Waals surface area contributed by atoms with E-state index in [0.717, 1.165) is 5.56 Å². The summed E-state index contributed by atoms with van der Waals surface area (Å²) in [6, 6.07) is 13.3. The van der Waals surface area contributed by atoms with Crippen LogP contribution in [0.1, 0.15) is 5.56 Å². The van der Waals surface area contributed by atoms with Gasteiger partial charge < -0.3 is 9.47 Å². The molecule has 0 spiro atoms. The van der Waals surface area contributed by atoms with E-state index in [-0.39, 0.29) is 5.75 Å². The standard InChI is InChI=1S/C14H10BrF3O2/c15-12-8-11(20-14(16,17)18)6-7-13(12)19-9-10-4-2-1-3-5-10/h1-8H,9H2. The van der Waals surface area contributed by atoms with Gasteiger partial charge in [0.15, 0.2) is 0 Å². The molecule has 0 aliphatic heterocycles. The second kappa shape index (κ2) is 6.17. The molecule has 0 aromatic heterocycles. The third-order valence-corrected chi connectivity index (χ3v) is 2.99. The molecular formula is C14H10BrF3O2. The molecule has 0 radical (unpaired) electrons. The molecule has 0 atom stereocenters. The van der Waals surface area contributed by atoms with E-state index in [1.807, 2.05) is 30.3 Å². The van der Waals surface area contributed by atoms with Crippen LogP contribution in [0.25, 0.3) is 0 Å². The highest BCUT2D eigenvalue weighted by molar-refractivity contribution is 9.10. The fraction of sp³-hybridized carbons (Fsp3) is 0.143. The van der Waals surface area contributed by atoms with Crippen LogP contribution in [0.4, 0.5) is 13.2 Å². The molecular weight excluding hydrogens is 337 g/mol. The Morgan fingerprint density at radius 1 is 1.00 bits per heavy atom. The molecule has 2 rings (SSSR count). The monoisotopic (exact) mass is 346 g/mol. The molecule has 20 heavy (non-hydrogen) atoms. The van der Waals surface area contributed by atoms with Gasteiger partial charge in [0, 0.05) is 0 Å². The van der Waals surface area contributed by atoms with Crippen molar-refractivity contribution in [3.05, 3.63) is 58.6 Å². The fourth-order valence-corrected chi connectivity index (χ4v) is 2.00. The van der Waals surface area contributed by atoms with Crippen molar-refractivity contribution in [2.45, 2.75) is 13.0 Å². The number of halogens is 4. The SMILES string of the molecule is FC(F)(F)Oc1ccc(OCc2ccccc2)c(Br)c1. The molecule has 0 heterocycles. The first-order valence-electron chi connectivity index (χ1n) is 5.66. The Labute approximate surface area is 122 Å². The number of hydrogen-bond acceptors (Lipinski definition) is 2. The highest BCUT2D eigenvalue weighted by Crippen LogP contribution is 2.32. The first-order valence-corrected chi connectivity index (χ1v) is 6.45. The molecule has 0 saturated heterocycles. The quantitative estimate of drug-likeness (QED) is 0.781. The van der Waals surface area contributed by atoms with E-state index in [0.29, 0.717) is 16.8 Å². The lowest BCUT2D eigenvalue weighted by molar-refractivity contribution is -0.274. The maximum Gasteiger partial charge on any atom is 0.573 e. The van der Waals surface area contributed by atoms with Crippen molar-refractivity contribution < 1.29 is 22.6 Å². The van der Waals surface area contributed by atoms with Gasteiger partial charge in [-0.25, -0.2) is 0 Å². The average molecular weight is 347 g/mol. The zero-order valence-electron chi connectivity index (χ0n) is 10.2. The van der Waals surface area contributed by atoms with Crippen molar-refractivity contribution in [3.8, 4) is 11.5 Å². The Morgan fingerprint density at radius 2 is 1.70 bits per heavy atom. The van der Waals surface area contributed by atoms with E-state index >= 15 is 0 Å². The van der Waals surface area contributed by atoms with E-state index in [4.69, 9.17) is 4.74 Å². The van der Waals surface area contributed by atoms with Crippen LogP contribution in [0.3, 0.4) is 0 Å². The molecule has 0 unspecified atom stereocenters.